The molecule has 0 spiro atoms. The van der Waals surface area contributed by atoms with Gasteiger partial charge in [-0.25, -0.2) is 4.98 Å². The van der Waals surface area contributed by atoms with Crippen LogP contribution in [0.25, 0.3) is 0 Å². The second-order valence-corrected chi connectivity index (χ2v) is 5.95. The number of oxazole rings is 1. The Morgan fingerprint density at radius 2 is 2.14 bits per heavy atom. The first kappa shape index (κ1) is 15.0. The Morgan fingerprint density at radius 1 is 1.27 bits per heavy atom. The van der Waals surface area contributed by atoms with Gasteiger partial charge in [0.15, 0.2) is 5.82 Å². The molecule has 1 N–H and O–H groups in total. The van der Waals surface area contributed by atoms with E-state index in [4.69, 9.17) is 4.42 Å². The lowest BCUT2D eigenvalue weighted by molar-refractivity contribution is 0.382. The fourth-order valence-corrected chi connectivity index (χ4v) is 2.76. The summed E-state index contributed by atoms with van der Waals surface area (Å²) in [7, 11) is 0. The second kappa shape index (κ2) is 6.44. The molecule has 2 aromatic heterocycles. The molecule has 1 fully saturated rings. The molecule has 0 bridgehead atoms. The van der Waals surface area contributed by atoms with E-state index in [-0.39, 0.29) is 0 Å². The number of rotatable bonds is 4. The van der Waals surface area contributed by atoms with Crippen molar-refractivity contribution >= 4 is 5.82 Å². The number of aromatic nitrogens is 3. The molecule has 0 radical (unpaired) electrons. The molecule has 0 aliphatic carbocycles. The van der Waals surface area contributed by atoms with E-state index in [0.29, 0.717) is 12.6 Å². The molecule has 22 heavy (non-hydrogen) atoms. The molecule has 118 valence electrons. The number of aryl methyl sites for hydroxylation is 3. The van der Waals surface area contributed by atoms with Gasteiger partial charge in [0.2, 0.25) is 5.89 Å². The molecule has 1 atom stereocenters. The summed E-state index contributed by atoms with van der Waals surface area (Å²) in [6, 6.07) is 4.48. The molecule has 3 heterocycles. The molecule has 6 nitrogen and oxygen atoms in total. The molecule has 1 saturated heterocycles. The molecule has 0 aromatic carbocycles. The summed E-state index contributed by atoms with van der Waals surface area (Å²) in [5, 5.41) is 12.0. The van der Waals surface area contributed by atoms with Crippen molar-refractivity contribution in [3.05, 3.63) is 35.2 Å². The number of hydrogen-bond donors (Lipinski definition) is 1. The Hall–Kier alpha value is -1.95. The number of anilines is 1. The fourth-order valence-electron chi connectivity index (χ4n) is 2.76. The van der Waals surface area contributed by atoms with E-state index < -0.39 is 0 Å². The number of nitrogens with one attached hydrogen (secondary N) is 1. The minimum Gasteiger partial charge on any atom is -0.444 e. The van der Waals surface area contributed by atoms with Crippen LogP contribution in [0, 0.1) is 20.8 Å². The first-order chi connectivity index (χ1) is 10.6. The van der Waals surface area contributed by atoms with Gasteiger partial charge in [0.25, 0.3) is 0 Å². The zero-order chi connectivity index (χ0) is 15.5. The van der Waals surface area contributed by atoms with E-state index >= 15 is 0 Å². The smallest absolute Gasteiger partial charge is 0.208 e. The predicted octanol–water partition coefficient (Wildman–Crippen LogP) is 2.15. The largest absolute Gasteiger partial charge is 0.444 e. The van der Waals surface area contributed by atoms with Crippen molar-refractivity contribution in [1.82, 2.24) is 20.5 Å². The van der Waals surface area contributed by atoms with Crippen LogP contribution in [-0.2, 0) is 6.54 Å². The standard InChI is InChI=1S/C16H23N5O/c1-11-6-7-15(20-19-11)21-8-4-5-14(10-21)17-9-16-18-12(2)13(3)22-16/h6-7,14,17H,4-5,8-10H2,1-3H3/t14-/m0/s1. The van der Waals surface area contributed by atoms with E-state index in [9.17, 15) is 0 Å². The van der Waals surface area contributed by atoms with Gasteiger partial charge in [-0.15, -0.1) is 5.10 Å². The van der Waals surface area contributed by atoms with Crippen molar-refractivity contribution in [1.29, 1.82) is 0 Å². The molecule has 3 rings (SSSR count). The molecule has 1 aliphatic heterocycles. The zero-order valence-corrected chi connectivity index (χ0v) is 13.5. The van der Waals surface area contributed by atoms with E-state index in [2.05, 4.69) is 25.4 Å². The minimum absolute atomic E-state index is 0.421. The van der Waals surface area contributed by atoms with Gasteiger partial charge in [-0.2, -0.15) is 5.10 Å². The Bertz CT molecular complexity index is 602. The second-order valence-electron chi connectivity index (χ2n) is 5.95. The van der Waals surface area contributed by atoms with Crippen LogP contribution in [0.3, 0.4) is 0 Å². The normalized spacial score (nSPS) is 18.7. The number of nitrogens with zero attached hydrogens (tertiary/aromatic N) is 4. The van der Waals surface area contributed by atoms with Gasteiger partial charge >= 0.3 is 0 Å². The van der Waals surface area contributed by atoms with Crippen LogP contribution >= 0.6 is 0 Å². The van der Waals surface area contributed by atoms with Gasteiger partial charge in [-0.05, 0) is 45.7 Å². The highest BCUT2D eigenvalue weighted by atomic mass is 16.4. The summed E-state index contributed by atoms with van der Waals surface area (Å²) >= 11 is 0. The van der Waals surface area contributed by atoms with Crippen LogP contribution in [0.2, 0.25) is 0 Å². The summed E-state index contributed by atoms with van der Waals surface area (Å²) in [5.41, 5.74) is 1.92. The van der Waals surface area contributed by atoms with Crippen LogP contribution in [0.15, 0.2) is 16.5 Å². The third-order valence-corrected chi connectivity index (χ3v) is 4.14. The highest BCUT2D eigenvalue weighted by molar-refractivity contribution is 5.38. The maximum atomic E-state index is 5.62. The number of hydrogen-bond acceptors (Lipinski definition) is 6. The average Bonchev–Trinajstić information content (AvgIpc) is 2.85. The van der Waals surface area contributed by atoms with E-state index in [1.54, 1.807) is 0 Å². The monoisotopic (exact) mass is 301 g/mol. The van der Waals surface area contributed by atoms with Crippen LogP contribution in [0.5, 0.6) is 0 Å². The highest BCUT2D eigenvalue weighted by Gasteiger charge is 2.21. The van der Waals surface area contributed by atoms with E-state index in [0.717, 1.165) is 54.8 Å². The van der Waals surface area contributed by atoms with Crippen molar-refractivity contribution in [2.45, 2.75) is 46.2 Å². The lowest BCUT2D eigenvalue weighted by atomic mass is 10.1. The summed E-state index contributed by atoms with van der Waals surface area (Å²) in [6.07, 6.45) is 2.31. The molecular formula is C16H23N5O. The van der Waals surface area contributed by atoms with Crippen LogP contribution in [0.4, 0.5) is 5.82 Å². The summed E-state index contributed by atoms with van der Waals surface area (Å²) in [6.45, 7) is 8.53. The first-order valence-corrected chi connectivity index (χ1v) is 7.83. The van der Waals surface area contributed by atoms with Gasteiger partial charge in [-0.1, -0.05) is 0 Å². The van der Waals surface area contributed by atoms with Gasteiger partial charge < -0.3 is 14.6 Å². The Kier molecular flexibility index (Phi) is 4.38. The van der Waals surface area contributed by atoms with Crippen molar-refractivity contribution in [2.75, 3.05) is 18.0 Å². The maximum Gasteiger partial charge on any atom is 0.208 e. The Labute approximate surface area is 130 Å². The van der Waals surface area contributed by atoms with Crippen molar-refractivity contribution in [3.63, 3.8) is 0 Å². The average molecular weight is 301 g/mol. The van der Waals surface area contributed by atoms with Crippen molar-refractivity contribution in [3.8, 4) is 0 Å². The predicted molar refractivity (Wildman–Crippen MR) is 84.8 cm³/mol. The lowest BCUT2D eigenvalue weighted by Crippen LogP contribution is -2.45. The Balaban J connectivity index is 1.57. The zero-order valence-electron chi connectivity index (χ0n) is 13.5. The molecule has 1 aliphatic rings. The van der Waals surface area contributed by atoms with Crippen LogP contribution in [0.1, 0.15) is 35.9 Å². The third-order valence-electron chi connectivity index (χ3n) is 4.14. The number of piperidine rings is 1. The molecule has 6 heteroatoms. The third kappa shape index (κ3) is 3.44. The lowest BCUT2D eigenvalue weighted by Gasteiger charge is -2.33. The van der Waals surface area contributed by atoms with Gasteiger partial charge in [0.05, 0.1) is 17.9 Å². The topological polar surface area (TPSA) is 67.1 Å². The summed E-state index contributed by atoms with van der Waals surface area (Å²) in [5.74, 6) is 2.62. The van der Waals surface area contributed by atoms with Crippen molar-refractivity contribution in [2.24, 2.45) is 0 Å². The van der Waals surface area contributed by atoms with Gasteiger partial charge in [-0.3, -0.25) is 0 Å². The molecular weight excluding hydrogens is 278 g/mol. The maximum absolute atomic E-state index is 5.62. The van der Waals surface area contributed by atoms with E-state index in [1.807, 2.05) is 32.9 Å². The minimum atomic E-state index is 0.421. The van der Waals surface area contributed by atoms with Crippen molar-refractivity contribution < 1.29 is 4.42 Å². The molecule has 2 aromatic rings. The highest BCUT2D eigenvalue weighted by Crippen LogP contribution is 2.17. The molecule has 0 saturated carbocycles. The van der Waals surface area contributed by atoms with Gasteiger partial charge in [0.1, 0.15) is 5.76 Å². The summed E-state index contributed by atoms with van der Waals surface area (Å²) < 4.78 is 5.62. The van der Waals surface area contributed by atoms with E-state index in [1.165, 1.54) is 0 Å². The van der Waals surface area contributed by atoms with Gasteiger partial charge in [0, 0.05) is 19.1 Å². The molecule has 0 unspecified atom stereocenters. The first-order valence-electron chi connectivity index (χ1n) is 7.83. The van der Waals surface area contributed by atoms with Crippen LogP contribution < -0.4 is 10.2 Å². The quantitative estimate of drug-likeness (QED) is 0.933. The fraction of sp³-hybridized carbons (Fsp3) is 0.562. The Morgan fingerprint density at radius 3 is 2.82 bits per heavy atom. The SMILES string of the molecule is Cc1ccc(N2CCC[C@H](NCc3nc(C)c(C)o3)C2)nn1. The summed E-state index contributed by atoms with van der Waals surface area (Å²) in [4.78, 5) is 6.71. The van der Waals surface area contributed by atoms with Crippen LogP contribution in [-0.4, -0.2) is 34.3 Å². The molecule has 0 amide bonds.